The number of hydrogen-bond acceptors (Lipinski definition) is 6. The Morgan fingerprint density at radius 1 is 1.07 bits per heavy atom. The lowest BCUT2D eigenvalue weighted by atomic mass is 10.1. The molecule has 30 heavy (non-hydrogen) atoms. The van der Waals surface area contributed by atoms with Crippen molar-refractivity contribution in [2.75, 3.05) is 0 Å². The average molecular weight is 408 g/mol. The number of nitrogens with zero attached hydrogens (tertiary/aromatic N) is 2. The van der Waals surface area contributed by atoms with Gasteiger partial charge in [0, 0.05) is 18.4 Å². The summed E-state index contributed by atoms with van der Waals surface area (Å²) in [6.45, 7) is 5.52. The highest BCUT2D eigenvalue weighted by Gasteiger charge is 2.17. The molecule has 0 bridgehead atoms. The highest BCUT2D eigenvalue weighted by molar-refractivity contribution is 5.84. The number of aryl methyl sites for hydroxylation is 2. The molecule has 0 aliphatic heterocycles. The summed E-state index contributed by atoms with van der Waals surface area (Å²) in [5, 5.41) is 3.91. The number of aromatic nitrogens is 2. The summed E-state index contributed by atoms with van der Waals surface area (Å²) in [5.74, 6) is 0.628. The van der Waals surface area contributed by atoms with Crippen molar-refractivity contribution in [3.63, 3.8) is 0 Å². The number of hydrazine groups is 1. The van der Waals surface area contributed by atoms with Gasteiger partial charge < -0.3 is 9.26 Å². The Morgan fingerprint density at radius 3 is 2.60 bits per heavy atom. The Hall–Kier alpha value is -3.68. The Kier molecular flexibility index (Phi) is 6.79. The van der Waals surface area contributed by atoms with Crippen LogP contribution in [0.5, 0.6) is 5.75 Å². The van der Waals surface area contributed by atoms with Gasteiger partial charge in [0.15, 0.2) is 6.10 Å². The summed E-state index contributed by atoms with van der Waals surface area (Å²) in [4.78, 5) is 28.5. The second-order valence-electron chi connectivity index (χ2n) is 6.87. The fourth-order valence-electron chi connectivity index (χ4n) is 2.67. The van der Waals surface area contributed by atoms with Crippen LogP contribution in [0.3, 0.4) is 0 Å². The third-order valence-corrected chi connectivity index (χ3v) is 4.62. The van der Waals surface area contributed by atoms with Crippen LogP contribution in [-0.2, 0) is 16.0 Å². The summed E-state index contributed by atoms with van der Waals surface area (Å²) in [7, 11) is 0. The first-order chi connectivity index (χ1) is 14.4. The molecule has 156 valence electrons. The van der Waals surface area contributed by atoms with Gasteiger partial charge in [-0.25, -0.2) is 0 Å². The Morgan fingerprint density at radius 2 is 1.83 bits per heavy atom. The van der Waals surface area contributed by atoms with Crippen LogP contribution in [0.25, 0.3) is 11.4 Å². The fourth-order valence-corrected chi connectivity index (χ4v) is 2.67. The number of nitrogens with one attached hydrogen (secondary N) is 2. The van der Waals surface area contributed by atoms with Crippen molar-refractivity contribution in [3.8, 4) is 17.1 Å². The van der Waals surface area contributed by atoms with Gasteiger partial charge in [-0.3, -0.25) is 20.4 Å². The smallest absolute Gasteiger partial charge is 0.279 e. The molecule has 0 unspecified atom stereocenters. The van der Waals surface area contributed by atoms with Crippen molar-refractivity contribution in [2.45, 2.75) is 39.7 Å². The van der Waals surface area contributed by atoms with Crippen LogP contribution >= 0.6 is 0 Å². The van der Waals surface area contributed by atoms with Gasteiger partial charge in [-0.15, -0.1) is 0 Å². The van der Waals surface area contributed by atoms with Gasteiger partial charge >= 0.3 is 0 Å². The largest absolute Gasteiger partial charge is 0.481 e. The number of rotatable bonds is 7. The van der Waals surface area contributed by atoms with Crippen molar-refractivity contribution in [1.29, 1.82) is 0 Å². The van der Waals surface area contributed by atoms with E-state index < -0.39 is 12.0 Å². The molecule has 0 spiro atoms. The van der Waals surface area contributed by atoms with E-state index in [1.807, 2.05) is 56.3 Å². The number of amides is 2. The molecule has 1 aromatic heterocycles. The summed E-state index contributed by atoms with van der Waals surface area (Å²) in [6, 6.07) is 15.1. The minimum atomic E-state index is -0.768. The molecular formula is C22H24N4O4. The first kappa shape index (κ1) is 21.0. The third kappa shape index (κ3) is 5.44. The van der Waals surface area contributed by atoms with Gasteiger partial charge in [-0.2, -0.15) is 4.98 Å². The van der Waals surface area contributed by atoms with E-state index in [2.05, 4.69) is 21.0 Å². The maximum atomic E-state index is 12.2. The van der Waals surface area contributed by atoms with Crippen LogP contribution in [0.1, 0.15) is 30.4 Å². The molecule has 1 heterocycles. The molecular weight excluding hydrogens is 384 g/mol. The minimum Gasteiger partial charge on any atom is -0.481 e. The highest BCUT2D eigenvalue weighted by Crippen LogP contribution is 2.21. The molecule has 0 fully saturated rings. The minimum absolute atomic E-state index is 0.0862. The fraction of sp³-hybridized carbons (Fsp3) is 0.273. The average Bonchev–Trinajstić information content (AvgIpc) is 3.23. The standard InChI is InChI=1S/C22H24N4O4/c1-14-8-7-11-18(15(14)2)29-16(3)22(28)25-24-19(27)12-13-20-23-21(26-30-20)17-9-5-4-6-10-17/h4-11,16H,12-13H2,1-3H3,(H,24,27)(H,25,28)/t16-/m0/s1. The molecule has 8 heteroatoms. The van der Waals surface area contributed by atoms with E-state index in [-0.39, 0.29) is 18.7 Å². The number of carbonyl (C=O) groups excluding carboxylic acids is 2. The molecule has 0 saturated carbocycles. The van der Waals surface area contributed by atoms with Gasteiger partial charge in [0.05, 0.1) is 0 Å². The molecule has 0 saturated heterocycles. The summed E-state index contributed by atoms with van der Waals surface area (Å²) < 4.78 is 10.9. The molecule has 3 rings (SSSR count). The van der Waals surface area contributed by atoms with E-state index in [9.17, 15) is 9.59 Å². The van der Waals surface area contributed by atoms with Gasteiger partial charge in [-0.05, 0) is 38.0 Å². The van der Waals surface area contributed by atoms with Crippen LogP contribution in [0.2, 0.25) is 0 Å². The van der Waals surface area contributed by atoms with E-state index in [0.717, 1.165) is 16.7 Å². The zero-order valence-corrected chi connectivity index (χ0v) is 17.1. The van der Waals surface area contributed by atoms with Crippen molar-refractivity contribution in [1.82, 2.24) is 21.0 Å². The van der Waals surface area contributed by atoms with E-state index >= 15 is 0 Å². The molecule has 0 aliphatic rings. The van der Waals surface area contributed by atoms with Crippen LogP contribution in [0.15, 0.2) is 53.1 Å². The zero-order valence-electron chi connectivity index (χ0n) is 17.1. The Bertz CT molecular complexity index is 1020. The predicted octanol–water partition coefficient (Wildman–Crippen LogP) is 2.90. The van der Waals surface area contributed by atoms with Crippen molar-refractivity contribution >= 4 is 11.8 Å². The molecule has 2 N–H and O–H groups in total. The van der Waals surface area contributed by atoms with Gasteiger partial charge in [0.2, 0.25) is 17.6 Å². The number of ether oxygens (including phenoxy) is 1. The predicted molar refractivity (Wildman–Crippen MR) is 110 cm³/mol. The lowest BCUT2D eigenvalue weighted by molar-refractivity contribution is -0.132. The van der Waals surface area contributed by atoms with Gasteiger partial charge in [0.1, 0.15) is 5.75 Å². The summed E-state index contributed by atoms with van der Waals surface area (Å²) in [6.07, 6.45) is -0.422. The van der Waals surface area contributed by atoms with E-state index in [1.165, 1.54) is 0 Å². The topological polar surface area (TPSA) is 106 Å². The van der Waals surface area contributed by atoms with Crippen molar-refractivity contribution in [3.05, 3.63) is 65.5 Å². The number of carbonyl (C=O) groups is 2. The molecule has 2 amide bonds. The van der Waals surface area contributed by atoms with Crippen LogP contribution in [0.4, 0.5) is 0 Å². The lowest BCUT2D eigenvalue weighted by Crippen LogP contribution is -2.47. The first-order valence-electron chi connectivity index (χ1n) is 9.63. The van der Waals surface area contributed by atoms with Gasteiger partial charge in [0.25, 0.3) is 5.91 Å². The van der Waals surface area contributed by atoms with E-state index in [0.29, 0.717) is 17.5 Å². The SMILES string of the molecule is Cc1cccc(O[C@@H](C)C(=O)NNC(=O)CCc2nc(-c3ccccc3)no2)c1C. The third-order valence-electron chi connectivity index (χ3n) is 4.62. The molecule has 2 aromatic carbocycles. The van der Waals surface area contributed by atoms with Crippen LogP contribution in [0, 0.1) is 13.8 Å². The van der Waals surface area contributed by atoms with Crippen molar-refractivity contribution in [2.24, 2.45) is 0 Å². The lowest BCUT2D eigenvalue weighted by Gasteiger charge is -2.17. The molecule has 0 radical (unpaired) electrons. The van der Waals surface area contributed by atoms with E-state index in [4.69, 9.17) is 9.26 Å². The molecule has 0 aliphatic carbocycles. The quantitative estimate of drug-likeness (QED) is 0.582. The van der Waals surface area contributed by atoms with Crippen LogP contribution < -0.4 is 15.6 Å². The molecule has 8 nitrogen and oxygen atoms in total. The summed E-state index contributed by atoms with van der Waals surface area (Å²) in [5.41, 5.74) is 7.63. The Balaban J connectivity index is 1.43. The maximum absolute atomic E-state index is 12.2. The highest BCUT2D eigenvalue weighted by atomic mass is 16.5. The van der Waals surface area contributed by atoms with Gasteiger partial charge in [-0.1, -0.05) is 47.6 Å². The Labute approximate surface area is 174 Å². The monoisotopic (exact) mass is 408 g/mol. The molecule has 1 atom stereocenters. The summed E-state index contributed by atoms with van der Waals surface area (Å²) >= 11 is 0. The molecule has 3 aromatic rings. The van der Waals surface area contributed by atoms with E-state index in [1.54, 1.807) is 13.0 Å². The second kappa shape index (κ2) is 9.69. The zero-order chi connectivity index (χ0) is 21.5. The normalized spacial score (nSPS) is 11.6. The number of benzene rings is 2. The number of hydrogen-bond donors (Lipinski definition) is 2. The first-order valence-corrected chi connectivity index (χ1v) is 9.63. The van der Waals surface area contributed by atoms with Crippen molar-refractivity contribution < 1.29 is 18.8 Å². The maximum Gasteiger partial charge on any atom is 0.279 e. The van der Waals surface area contributed by atoms with Crippen LogP contribution in [-0.4, -0.2) is 28.1 Å². The second-order valence-corrected chi connectivity index (χ2v) is 6.87.